The summed E-state index contributed by atoms with van der Waals surface area (Å²) >= 11 is 7.79. The van der Waals surface area contributed by atoms with E-state index in [1.54, 1.807) is 11.8 Å². The molecule has 0 atom stereocenters. The first-order valence-corrected chi connectivity index (χ1v) is 8.12. The molecule has 20 heavy (non-hydrogen) atoms. The fourth-order valence-corrected chi connectivity index (χ4v) is 3.20. The molecule has 0 aromatic heterocycles. The second-order valence-electron chi connectivity index (χ2n) is 4.84. The topological polar surface area (TPSA) is 12.0 Å². The molecule has 0 saturated heterocycles. The Morgan fingerprint density at radius 3 is 2.70 bits per heavy atom. The second kappa shape index (κ2) is 7.72. The molecule has 2 aromatic carbocycles. The number of hydrogen-bond donors (Lipinski definition) is 1. The molecule has 2 rings (SSSR count). The molecule has 0 aliphatic carbocycles. The highest BCUT2D eigenvalue weighted by atomic mass is 35.5. The number of benzene rings is 2. The van der Waals surface area contributed by atoms with Gasteiger partial charge in [0.2, 0.25) is 0 Å². The molecule has 1 N–H and O–H groups in total. The molecule has 0 radical (unpaired) electrons. The lowest BCUT2D eigenvalue weighted by molar-refractivity contribution is 0.675. The third-order valence-corrected chi connectivity index (χ3v) is 4.42. The highest BCUT2D eigenvalue weighted by Gasteiger charge is 2.03. The van der Waals surface area contributed by atoms with Gasteiger partial charge >= 0.3 is 0 Å². The van der Waals surface area contributed by atoms with Crippen LogP contribution in [0.4, 0.5) is 0 Å². The van der Waals surface area contributed by atoms with Crippen LogP contribution < -0.4 is 5.32 Å². The molecular weight excluding hydrogens is 286 g/mol. The normalized spacial score (nSPS) is 10.8. The summed E-state index contributed by atoms with van der Waals surface area (Å²) in [5, 5.41) is 4.22. The number of halogens is 1. The molecule has 0 aliphatic heterocycles. The van der Waals surface area contributed by atoms with Crippen LogP contribution in [0.15, 0.2) is 52.3 Å². The van der Waals surface area contributed by atoms with Crippen molar-refractivity contribution in [3.05, 3.63) is 58.6 Å². The van der Waals surface area contributed by atoms with E-state index in [1.807, 2.05) is 18.2 Å². The van der Waals surface area contributed by atoms with Crippen molar-refractivity contribution in [1.82, 2.24) is 5.32 Å². The van der Waals surface area contributed by atoms with Gasteiger partial charge in [0.15, 0.2) is 0 Å². The van der Waals surface area contributed by atoms with Crippen molar-refractivity contribution in [2.75, 3.05) is 6.54 Å². The van der Waals surface area contributed by atoms with Crippen LogP contribution in [0, 0.1) is 6.92 Å². The van der Waals surface area contributed by atoms with E-state index < -0.39 is 0 Å². The molecule has 0 saturated carbocycles. The fraction of sp³-hybridized carbons (Fsp3) is 0.294. The Bertz CT molecular complexity index is 569. The molecule has 2 aromatic rings. The summed E-state index contributed by atoms with van der Waals surface area (Å²) in [7, 11) is 0. The zero-order valence-corrected chi connectivity index (χ0v) is 13.5. The summed E-state index contributed by atoms with van der Waals surface area (Å²) in [5.74, 6) is 0. The van der Waals surface area contributed by atoms with Crippen molar-refractivity contribution in [2.45, 2.75) is 36.6 Å². The van der Waals surface area contributed by atoms with E-state index in [1.165, 1.54) is 27.3 Å². The van der Waals surface area contributed by atoms with Gasteiger partial charge in [-0.1, -0.05) is 48.5 Å². The monoisotopic (exact) mass is 305 g/mol. The number of rotatable bonds is 6. The first-order valence-electron chi connectivity index (χ1n) is 6.92. The van der Waals surface area contributed by atoms with Gasteiger partial charge in [0.05, 0.1) is 0 Å². The number of hydrogen-bond acceptors (Lipinski definition) is 2. The number of nitrogens with one attached hydrogen (secondary N) is 1. The summed E-state index contributed by atoms with van der Waals surface area (Å²) in [6.07, 6.45) is 1.17. The maximum absolute atomic E-state index is 6.03. The lowest BCUT2D eigenvalue weighted by atomic mass is 10.1. The van der Waals surface area contributed by atoms with Crippen molar-refractivity contribution < 1.29 is 0 Å². The van der Waals surface area contributed by atoms with Gasteiger partial charge in [-0.3, -0.25) is 0 Å². The molecule has 0 amide bonds. The SMILES string of the molecule is CCCNCc1ccc(Sc2cccc(Cl)c2)c(C)c1. The first-order chi connectivity index (χ1) is 9.69. The minimum absolute atomic E-state index is 0.785. The summed E-state index contributed by atoms with van der Waals surface area (Å²) < 4.78 is 0. The van der Waals surface area contributed by atoms with E-state index in [-0.39, 0.29) is 0 Å². The van der Waals surface area contributed by atoms with E-state index in [0.717, 1.165) is 18.1 Å². The average molecular weight is 306 g/mol. The summed E-state index contributed by atoms with van der Waals surface area (Å²) in [4.78, 5) is 2.46. The molecule has 0 bridgehead atoms. The Hall–Kier alpha value is -0.960. The van der Waals surface area contributed by atoms with Gasteiger partial charge in [-0.25, -0.2) is 0 Å². The molecule has 106 valence electrons. The Morgan fingerprint density at radius 1 is 1.15 bits per heavy atom. The molecular formula is C17H20ClNS. The lowest BCUT2D eigenvalue weighted by Gasteiger charge is -2.09. The van der Waals surface area contributed by atoms with Crippen LogP contribution in [0.1, 0.15) is 24.5 Å². The predicted octanol–water partition coefficient (Wildman–Crippen LogP) is 5.30. The Balaban J connectivity index is 2.06. The van der Waals surface area contributed by atoms with Crippen molar-refractivity contribution in [2.24, 2.45) is 0 Å². The Labute approximate surface area is 130 Å². The van der Waals surface area contributed by atoms with Crippen LogP contribution in [-0.4, -0.2) is 6.54 Å². The first kappa shape index (κ1) is 15.4. The van der Waals surface area contributed by atoms with Crippen LogP contribution in [0.3, 0.4) is 0 Å². The van der Waals surface area contributed by atoms with Gasteiger partial charge in [-0.2, -0.15) is 0 Å². The minimum atomic E-state index is 0.785. The van der Waals surface area contributed by atoms with Gasteiger partial charge in [0, 0.05) is 21.4 Å². The summed E-state index contributed by atoms with van der Waals surface area (Å²) in [6.45, 7) is 6.36. The average Bonchev–Trinajstić information content (AvgIpc) is 2.42. The lowest BCUT2D eigenvalue weighted by Crippen LogP contribution is -2.13. The van der Waals surface area contributed by atoms with Crippen LogP contribution in [-0.2, 0) is 6.54 Å². The third kappa shape index (κ3) is 4.55. The van der Waals surface area contributed by atoms with Crippen LogP contribution in [0.2, 0.25) is 5.02 Å². The highest BCUT2D eigenvalue weighted by Crippen LogP contribution is 2.31. The third-order valence-electron chi connectivity index (χ3n) is 3.02. The van der Waals surface area contributed by atoms with E-state index in [0.29, 0.717) is 0 Å². The minimum Gasteiger partial charge on any atom is -0.313 e. The molecule has 0 aliphatic rings. The molecule has 0 fully saturated rings. The molecule has 0 heterocycles. The van der Waals surface area contributed by atoms with Crippen molar-refractivity contribution >= 4 is 23.4 Å². The Morgan fingerprint density at radius 2 is 2.00 bits per heavy atom. The zero-order valence-electron chi connectivity index (χ0n) is 11.9. The largest absolute Gasteiger partial charge is 0.313 e. The van der Waals surface area contributed by atoms with Gasteiger partial charge < -0.3 is 5.32 Å². The maximum atomic E-state index is 6.03. The summed E-state index contributed by atoms with van der Waals surface area (Å²) in [5.41, 5.74) is 2.65. The van der Waals surface area contributed by atoms with E-state index in [2.05, 4.69) is 43.4 Å². The molecule has 3 heteroatoms. The van der Waals surface area contributed by atoms with Crippen LogP contribution >= 0.6 is 23.4 Å². The highest BCUT2D eigenvalue weighted by molar-refractivity contribution is 7.99. The van der Waals surface area contributed by atoms with E-state index in [4.69, 9.17) is 11.6 Å². The van der Waals surface area contributed by atoms with Crippen LogP contribution in [0.5, 0.6) is 0 Å². The van der Waals surface area contributed by atoms with Gasteiger partial charge in [0.1, 0.15) is 0 Å². The molecule has 1 nitrogen and oxygen atoms in total. The van der Waals surface area contributed by atoms with Gasteiger partial charge in [0.25, 0.3) is 0 Å². The Kier molecular flexibility index (Phi) is 5.96. The van der Waals surface area contributed by atoms with Crippen molar-refractivity contribution in [1.29, 1.82) is 0 Å². The standard InChI is InChI=1S/C17H20ClNS/c1-3-9-19-12-14-7-8-17(13(2)10-14)20-16-6-4-5-15(18)11-16/h4-8,10-11,19H,3,9,12H2,1-2H3. The smallest absolute Gasteiger partial charge is 0.0417 e. The predicted molar refractivity (Wildman–Crippen MR) is 88.8 cm³/mol. The fourth-order valence-electron chi connectivity index (χ4n) is 2.00. The number of aryl methyl sites for hydroxylation is 1. The molecule has 0 unspecified atom stereocenters. The van der Waals surface area contributed by atoms with Gasteiger partial charge in [-0.15, -0.1) is 0 Å². The van der Waals surface area contributed by atoms with Gasteiger partial charge in [-0.05, 0) is 55.3 Å². The van der Waals surface area contributed by atoms with Crippen molar-refractivity contribution in [3.8, 4) is 0 Å². The second-order valence-corrected chi connectivity index (χ2v) is 6.39. The van der Waals surface area contributed by atoms with Crippen LogP contribution in [0.25, 0.3) is 0 Å². The maximum Gasteiger partial charge on any atom is 0.0417 e. The summed E-state index contributed by atoms with van der Waals surface area (Å²) in [6, 6.07) is 14.6. The van der Waals surface area contributed by atoms with Crippen molar-refractivity contribution in [3.63, 3.8) is 0 Å². The zero-order chi connectivity index (χ0) is 14.4. The quantitative estimate of drug-likeness (QED) is 0.727. The molecule has 0 spiro atoms. The van der Waals surface area contributed by atoms with E-state index in [9.17, 15) is 0 Å². The van der Waals surface area contributed by atoms with E-state index >= 15 is 0 Å².